The predicted molar refractivity (Wildman–Crippen MR) is 150 cm³/mol. The summed E-state index contributed by atoms with van der Waals surface area (Å²) in [5.41, 5.74) is 2.26. The molecule has 2 amide bonds. The number of fused-ring (bicyclic) bond motifs is 2. The second-order valence-corrected chi connectivity index (χ2v) is 17.4. The lowest BCUT2D eigenvalue weighted by molar-refractivity contribution is -0.130. The van der Waals surface area contributed by atoms with Crippen molar-refractivity contribution in [3.63, 3.8) is 0 Å². The number of hydrogen-bond acceptors (Lipinski definition) is 3. The lowest BCUT2D eigenvalue weighted by Crippen LogP contribution is -2.62. The van der Waals surface area contributed by atoms with Crippen molar-refractivity contribution in [3.8, 4) is 0 Å². The number of carbonyl (C=O) groups excluding carboxylic acids is 2. The molecule has 2 aromatic carbocycles. The molecule has 2 aliphatic heterocycles. The third-order valence-corrected chi connectivity index (χ3v) is 8.98. The quantitative estimate of drug-likeness (QED) is 0.314. The summed E-state index contributed by atoms with van der Waals surface area (Å²) >= 11 is 9.69. The average molecular weight is 578 g/mol. The smallest absolute Gasteiger partial charge is 0.238 e. The first kappa shape index (κ1) is 27.7. The topological polar surface area (TPSA) is 67.4 Å². The Bertz CT molecular complexity index is 1130. The zero-order chi connectivity index (χ0) is 26.0. The molecule has 0 aromatic heterocycles. The second-order valence-electron chi connectivity index (χ2n) is 10.5. The number of ether oxygens (including phenoxy) is 1. The molecule has 8 heteroatoms. The van der Waals surface area contributed by atoms with Gasteiger partial charge >= 0.3 is 0 Å². The summed E-state index contributed by atoms with van der Waals surface area (Å²) in [4.78, 5) is 26.0. The van der Waals surface area contributed by atoms with Gasteiger partial charge in [-0.25, -0.2) is 0 Å². The number of amides is 2. The maximum Gasteiger partial charge on any atom is 0.238 e. The van der Waals surface area contributed by atoms with Crippen molar-refractivity contribution in [2.45, 2.75) is 56.4 Å². The van der Waals surface area contributed by atoms with E-state index in [9.17, 15) is 9.59 Å². The van der Waals surface area contributed by atoms with E-state index in [0.29, 0.717) is 5.02 Å². The molecule has 1 saturated heterocycles. The summed E-state index contributed by atoms with van der Waals surface area (Å²) in [6, 6.07) is 13.9. The largest absolute Gasteiger partial charge is 0.385 e. The molecule has 0 aliphatic carbocycles. The van der Waals surface area contributed by atoms with Crippen LogP contribution in [-0.2, 0) is 19.7 Å². The lowest BCUT2D eigenvalue weighted by atomic mass is 9.59. The second kappa shape index (κ2) is 11.0. The Kier molecular flexibility index (Phi) is 8.68. The van der Waals surface area contributed by atoms with E-state index in [1.165, 1.54) is 6.04 Å². The molecule has 188 valence electrons. The summed E-state index contributed by atoms with van der Waals surface area (Å²) < 4.78 is 5.83. The highest BCUT2D eigenvalue weighted by molar-refractivity contribution is 9.10. The van der Waals surface area contributed by atoms with Crippen LogP contribution in [0, 0.1) is 0 Å². The molecule has 3 atom stereocenters. The van der Waals surface area contributed by atoms with Crippen molar-refractivity contribution >= 4 is 53.1 Å². The van der Waals surface area contributed by atoms with E-state index < -0.39 is 19.5 Å². The molecule has 2 N–H and O–H groups in total. The Hall–Kier alpha value is -1.93. The van der Waals surface area contributed by atoms with Crippen molar-refractivity contribution in [1.82, 2.24) is 5.32 Å². The Morgan fingerprint density at radius 3 is 2.51 bits per heavy atom. The van der Waals surface area contributed by atoms with Gasteiger partial charge < -0.3 is 15.4 Å². The summed E-state index contributed by atoms with van der Waals surface area (Å²) in [6.45, 7) is 13.9. The van der Waals surface area contributed by atoms with Crippen LogP contribution in [0.1, 0.15) is 30.4 Å². The van der Waals surface area contributed by atoms with Gasteiger partial charge in [0.1, 0.15) is 5.41 Å². The maximum absolute atomic E-state index is 13.5. The number of benzene rings is 2. The van der Waals surface area contributed by atoms with E-state index in [0.717, 1.165) is 33.5 Å². The first-order chi connectivity index (χ1) is 16.4. The fraction of sp³-hybridized carbons (Fsp3) is 0.407. The van der Waals surface area contributed by atoms with Crippen molar-refractivity contribution < 1.29 is 14.3 Å². The van der Waals surface area contributed by atoms with E-state index in [2.05, 4.69) is 52.8 Å². The third kappa shape index (κ3) is 5.90. The first-order valence-corrected chi connectivity index (χ1v) is 16.6. The first-order valence-electron chi connectivity index (χ1n) is 11.7. The van der Waals surface area contributed by atoms with Gasteiger partial charge in [0.2, 0.25) is 11.8 Å². The SMILES string of the molecule is C=C(C)[C@H]1NC(=O)C[C@@H](c2cccc(Cl)c2)[C@]12C(=O)Nc1cc(Br)ccc12.COCC[Si](C)(C)C. The van der Waals surface area contributed by atoms with Crippen LogP contribution in [0.15, 0.2) is 59.1 Å². The van der Waals surface area contributed by atoms with Crippen LogP contribution in [0.3, 0.4) is 0 Å². The number of nitrogens with one attached hydrogen (secondary N) is 2. The molecule has 2 aliphatic rings. The molecule has 2 heterocycles. The number of carbonyl (C=O) groups is 2. The number of halogens is 2. The molecule has 1 spiro atoms. The van der Waals surface area contributed by atoms with Gasteiger partial charge in [-0.2, -0.15) is 0 Å². The highest BCUT2D eigenvalue weighted by Gasteiger charge is 2.60. The van der Waals surface area contributed by atoms with Crippen LogP contribution in [0.25, 0.3) is 0 Å². The minimum atomic E-state index is -0.972. The summed E-state index contributed by atoms with van der Waals surface area (Å²) in [5, 5.41) is 6.60. The van der Waals surface area contributed by atoms with Gasteiger partial charge in [0.15, 0.2) is 0 Å². The van der Waals surface area contributed by atoms with E-state index in [4.69, 9.17) is 16.3 Å². The average Bonchev–Trinajstić information content (AvgIpc) is 3.04. The molecule has 0 unspecified atom stereocenters. The fourth-order valence-electron chi connectivity index (χ4n) is 4.87. The lowest BCUT2D eigenvalue weighted by Gasteiger charge is -2.46. The zero-order valence-electron chi connectivity index (χ0n) is 21.0. The summed E-state index contributed by atoms with van der Waals surface area (Å²) in [7, 11) is 0.961. The van der Waals surface area contributed by atoms with E-state index in [-0.39, 0.29) is 24.2 Å². The van der Waals surface area contributed by atoms with Crippen molar-refractivity contribution in [2.24, 2.45) is 0 Å². The Labute approximate surface area is 222 Å². The van der Waals surface area contributed by atoms with Gasteiger partial charge in [-0.3, -0.25) is 9.59 Å². The molecule has 5 nitrogen and oxygen atoms in total. The van der Waals surface area contributed by atoms with E-state index in [1.807, 2.05) is 43.3 Å². The number of rotatable bonds is 5. The molecular weight excluding hydrogens is 544 g/mol. The van der Waals surface area contributed by atoms with Gasteiger partial charge in [0.25, 0.3) is 0 Å². The molecule has 0 radical (unpaired) electrons. The van der Waals surface area contributed by atoms with Crippen molar-refractivity contribution in [1.29, 1.82) is 0 Å². The molecule has 1 fully saturated rings. The number of hydrogen-bond donors (Lipinski definition) is 2. The van der Waals surface area contributed by atoms with Crippen molar-refractivity contribution in [3.05, 3.63) is 75.2 Å². The van der Waals surface area contributed by atoms with Gasteiger partial charge in [-0.05, 0) is 48.4 Å². The van der Waals surface area contributed by atoms with Gasteiger partial charge in [0.05, 0.1) is 6.04 Å². The standard InChI is InChI=1S/C21H18BrClN2O2.C6H16OSi/c1-11(2)19-21(15-7-6-13(22)9-17(15)24-20(21)27)16(10-18(26)25-19)12-4-3-5-14(23)8-12;1-7-5-6-8(2,3)4/h3-9,16,19H,1,10H2,2H3,(H,24,27)(H,25,26);5-6H2,1-4H3/t16-,19+,21-;/m0./s1. The van der Waals surface area contributed by atoms with Crippen LogP contribution >= 0.6 is 27.5 Å². The maximum atomic E-state index is 13.5. The monoisotopic (exact) mass is 576 g/mol. The molecule has 0 saturated carbocycles. The number of anilines is 1. The van der Waals surface area contributed by atoms with Crippen LogP contribution in [0.2, 0.25) is 30.7 Å². The predicted octanol–water partition coefficient (Wildman–Crippen LogP) is 6.51. The minimum absolute atomic E-state index is 0.100. The van der Waals surface area contributed by atoms with Gasteiger partial charge in [-0.15, -0.1) is 0 Å². The normalized spacial score (nSPS) is 23.2. The summed E-state index contributed by atoms with van der Waals surface area (Å²) in [6.07, 6.45) is 0.201. The van der Waals surface area contributed by atoms with Gasteiger partial charge in [0, 0.05) is 49.3 Å². The number of piperidine rings is 1. The van der Waals surface area contributed by atoms with Crippen LogP contribution in [0.4, 0.5) is 5.69 Å². The Morgan fingerprint density at radius 2 is 1.94 bits per heavy atom. The van der Waals surface area contributed by atoms with Crippen LogP contribution in [-0.4, -0.2) is 39.6 Å². The highest BCUT2D eigenvalue weighted by Crippen LogP contribution is 2.54. The van der Waals surface area contributed by atoms with E-state index >= 15 is 0 Å². The van der Waals surface area contributed by atoms with Crippen LogP contribution in [0.5, 0.6) is 0 Å². The van der Waals surface area contributed by atoms with Crippen molar-refractivity contribution in [2.75, 3.05) is 19.0 Å². The Balaban J connectivity index is 0.000000371. The molecule has 0 bridgehead atoms. The molecular formula is C27H34BrClN2O3Si. The molecule has 4 rings (SSSR count). The fourth-order valence-corrected chi connectivity index (χ4v) is 6.24. The van der Waals surface area contributed by atoms with Gasteiger partial charge in [-0.1, -0.05) is 77.5 Å². The third-order valence-electron chi connectivity index (χ3n) is 6.55. The molecule has 2 aromatic rings. The minimum Gasteiger partial charge on any atom is -0.385 e. The molecule has 35 heavy (non-hydrogen) atoms. The summed E-state index contributed by atoms with van der Waals surface area (Å²) in [5.74, 6) is -0.584. The van der Waals surface area contributed by atoms with Crippen LogP contribution < -0.4 is 10.6 Å². The van der Waals surface area contributed by atoms with E-state index in [1.54, 1.807) is 13.2 Å². The zero-order valence-corrected chi connectivity index (χ0v) is 24.3. The number of methoxy groups -OCH3 is 1. The Morgan fingerprint density at radius 1 is 1.23 bits per heavy atom. The highest BCUT2D eigenvalue weighted by atomic mass is 79.9.